The van der Waals surface area contributed by atoms with Gasteiger partial charge in [-0.15, -0.1) is 5.10 Å². The number of anilines is 1. The molecule has 1 aliphatic heterocycles. The molecule has 0 radical (unpaired) electrons. The minimum atomic E-state index is 0.0395. The monoisotopic (exact) mass is 373 g/mol. The summed E-state index contributed by atoms with van der Waals surface area (Å²) in [6.45, 7) is 3.16. The van der Waals surface area contributed by atoms with Crippen molar-refractivity contribution in [2.45, 2.75) is 57.5 Å². The Labute approximate surface area is 166 Å². The fraction of sp³-hybridized carbons (Fsp3) is 0.435. The van der Waals surface area contributed by atoms with Crippen LogP contribution >= 0.6 is 0 Å². The van der Waals surface area contributed by atoms with Crippen LogP contribution in [0.1, 0.15) is 66.7 Å². The summed E-state index contributed by atoms with van der Waals surface area (Å²) in [5, 5.41) is 13.1. The first-order valence-corrected chi connectivity index (χ1v) is 10.5. The van der Waals surface area contributed by atoms with Crippen molar-refractivity contribution in [1.29, 1.82) is 0 Å². The maximum atomic E-state index is 4.57. The molecule has 0 spiro atoms. The van der Waals surface area contributed by atoms with Crippen molar-refractivity contribution in [3.8, 4) is 0 Å². The summed E-state index contributed by atoms with van der Waals surface area (Å²) >= 11 is 0. The number of rotatable bonds is 4. The predicted octanol–water partition coefficient (Wildman–Crippen LogP) is 4.64. The molecule has 1 fully saturated rings. The van der Waals surface area contributed by atoms with E-state index in [2.05, 4.69) is 80.6 Å². The molecule has 1 aromatic heterocycles. The number of fused-ring (bicyclic) bond motifs is 1. The van der Waals surface area contributed by atoms with E-state index in [0.29, 0.717) is 6.04 Å². The highest BCUT2D eigenvalue weighted by Crippen LogP contribution is 2.39. The van der Waals surface area contributed by atoms with Crippen LogP contribution < -0.4 is 4.90 Å². The van der Waals surface area contributed by atoms with Gasteiger partial charge in [-0.2, -0.15) is 0 Å². The summed E-state index contributed by atoms with van der Waals surface area (Å²) in [6.07, 6.45) is 7.19. The van der Waals surface area contributed by atoms with Gasteiger partial charge in [-0.25, -0.2) is 4.68 Å². The first-order valence-electron chi connectivity index (χ1n) is 10.5. The lowest BCUT2D eigenvalue weighted by Crippen LogP contribution is -2.36. The van der Waals surface area contributed by atoms with Gasteiger partial charge in [-0.1, -0.05) is 60.9 Å². The summed E-state index contributed by atoms with van der Waals surface area (Å²) in [7, 11) is 0. The number of tetrazole rings is 1. The van der Waals surface area contributed by atoms with E-state index in [4.69, 9.17) is 0 Å². The molecule has 0 unspecified atom stereocenters. The molecule has 0 N–H and O–H groups in total. The van der Waals surface area contributed by atoms with Gasteiger partial charge >= 0.3 is 0 Å². The van der Waals surface area contributed by atoms with Gasteiger partial charge in [0.25, 0.3) is 0 Å². The average Bonchev–Trinajstić information content (AvgIpc) is 3.42. The molecule has 2 aromatic carbocycles. The highest BCUT2D eigenvalue weighted by atomic mass is 15.6. The number of hydrogen-bond acceptors (Lipinski definition) is 4. The van der Waals surface area contributed by atoms with Crippen LogP contribution in [0.4, 0.5) is 5.69 Å². The summed E-state index contributed by atoms with van der Waals surface area (Å²) in [5.74, 6) is 0.979. The van der Waals surface area contributed by atoms with Gasteiger partial charge in [0.2, 0.25) is 0 Å². The molecule has 1 aliphatic carbocycles. The third kappa shape index (κ3) is 3.09. The van der Waals surface area contributed by atoms with E-state index in [1.165, 1.54) is 48.1 Å². The van der Waals surface area contributed by atoms with E-state index in [1.807, 2.05) is 0 Å². The summed E-state index contributed by atoms with van der Waals surface area (Å²) in [5.41, 5.74) is 5.28. The van der Waals surface area contributed by atoms with E-state index >= 15 is 0 Å². The minimum Gasteiger partial charge on any atom is -0.357 e. The van der Waals surface area contributed by atoms with Crippen LogP contribution in [0, 0.1) is 6.92 Å². The molecule has 3 aromatic rings. The van der Waals surface area contributed by atoms with Crippen molar-refractivity contribution in [3.63, 3.8) is 0 Å². The maximum Gasteiger partial charge on any atom is 0.178 e. The smallest absolute Gasteiger partial charge is 0.178 e. The fourth-order valence-electron chi connectivity index (χ4n) is 4.84. The van der Waals surface area contributed by atoms with Crippen molar-refractivity contribution in [3.05, 3.63) is 71.0 Å². The van der Waals surface area contributed by atoms with E-state index in [-0.39, 0.29) is 6.04 Å². The molecule has 2 aliphatic rings. The van der Waals surface area contributed by atoms with E-state index in [0.717, 1.165) is 25.2 Å². The average molecular weight is 374 g/mol. The molecule has 0 saturated heterocycles. The van der Waals surface area contributed by atoms with Crippen molar-refractivity contribution >= 4 is 5.69 Å². The van der Waals surface area contributed by atoms with Crippen LogP contribution in [-0.4, -0.2) is 26.8 Å². The molecular formula is C23H27N5. The van der Waals surface area contributed by atoms with Crippen molar-refractivity contribution < 1.29 is 0 Å². The Morgan fingerprint density at radius 1 is 0.964 bits per heavy atom. The van der Waals surface area contributed by atoms with Gasteiger partial charge in [0.15, 0.2) is 5.82 Å². The fourth-order valence-corrected chi connectivity index (χ4v) is 4.84. The molecule has 5 nitrogen and oxygen atoms in total. The van der Waals surface area contributed by atoms with Crippen LogP contribution in [0.3, 0.4) is 0 Å². The Morgan fingerprint density at radius 2 is 1.75 bits per heavy atom. The number of para-hydroxylation sites is 1. The number of aryl methyl sites for hydroxylation is 2. The number of benzene rings is 2. The highest BCUT2D eigenvalue weighted by Gasteiger charge is 2.33. The first-order chi connectivity index (χ1) is 13.8. The zero-order valence-electron chi connectivity index (χ0n) is 16.5. The van der Waals surface area contributed by atoms with E-state index in [9.17, 15) is 0 Å². The third-order valence-electron chi connectivity index (χ3n) is 6.28. The summed E-state index contributed by atoms with van der Waals surface area (Å²) in [4.78, 5) is 2.51. The number of hydrogen-bond donors (Lipinski definition) is 0. The maximum absolute atomic E-state index is 4.57. The zero-order valence-corrected chi connectivity index (χ0v) is 16.5. The van der Waals surface area contributed by atoms with E-state index < -0.39 is 0 Å². The highest BCUT2D eigenvalue weighted by molar-refractivity contribution is 5.58. The number of nitrogens with zero attached hydrogens (tertiary/aromatic N) is 5. The predicted molar refractivity (Wildman–Crippen MR) is 110 cm³/mol. The number of aromatic nitrogens is 4. The molecule has 144 valence electrons. The van der Waals surface area contributed by atoms with Crippen LogP contribution in [0.2, 0.25) is 0 Å². The molecule has 1 saturated carbocycles. The molecule has 2 heterocycles. The Balaban J connectivity index is 1.63. The summed E-state index contributed by atoms with van der Waals surface area (Å²) in [6, 6.07) is 18.1. The molecule has 0 amide bonds. The first kappa shape index (κ1) is 17.4. The van der Waals surface area contributed by atoms with Gasteiger partial charge in [-0.05, 0) is 60.2 Å². The molecular weight excluding hydrogens is 346 g/mol. The molecule has 28 heavy (non-hydrogen) atoms. The lowest BCUT2D eigenvalue weighted by molar-refractivity contribution is 0.426. The van der Waals surface area contributed by atoms with E-state index in [1.54, 1.807) is 0 Å². The lowest BCUT2D eigenvalue weighted by Gasteiger charge is -2.38. The van der Waals surface area contributed by atoms with Gasteiger partial charge in [0.05, 0.1) is 6.04 Å². The van der Waals surface area contributed by atoms with Crippen molar-refractivity contribution in [2.75, 3.05) is 11.4 Å². The van der Waals surface area contributed by atoms with Crippen molar-refractivity contribution in [1.82, 2.24) is 20.2 Å². The van der Waals surface area contributed by atoms with Gasteiger partial charge in [0, 0.05) is 12.2 Å². The lowest BCUT2D eigenvalue weighted by atomic mass is 9.96. The van der Waals surface area contributed by atoms with Crippen LogP contribution in [0.25, 0.3) is 0 Å². The van der Waals surface area contributed by atoms with Crippen LogP contribution in [-0.2, 0) is 6.42 Å². The van der Waals surface area contributed by atoms with Crippen molar-refractivity contribution in [2.24, 2.45) is 0 Å². The third-order valence-corrected chi connectivity index (χ3v) is 6.28. The van der Waals surface area contributed by atoms with Crippen LogP contribution in [0.5, 0.6) is 0 Å². The molecule has 1 atom stereocenters. The second kappa shape index (κ2) is 7.38. The molecule has 5 heteroatoms. The van der Waals surface area contributed by atoms with Crippen LogP contribution in [0.15, 0.2) is 48.5 Å². The second-order valence-corrected chi connectivity index (χ2v) is 8.16. The molecule has 0 bridgehead atoms. The quantitative estimate of drug-likeness (QED) is 0.668. The Morgan fingerprint density at radius 3 is 2.57 bits per heavy atom. The Bertz CT molecular complexity index is 940. The Kier molecular flexibility index (Phi) is 4.59. The van der Waals surface area contributed by atoms with Gasteiger partial charge in [0.1, 0.15) is 6.04 Å². The van der Waals surface area contributed by atoms with Gasteiger partial charge in [-0.3, -0.25) is 0 Å². The molecule has 5 rings (SSSR count). The normalized spacial score (nSPS) is 18.2. The SMILES string of the molecule is Cc1ccc([C@H](c2nnnn2C2CCCC2)N2CCCc3ccccc32)cc1. The Hall–Kier alpha value is -2.69. The second-order valence-electron chi connectivity index (χ2n) is 8.16. The largest absolute Gasteiger partial charge is 0.357 e. The standard InChI is InChI=1S/C23H27N5/c1-17-12-14-19(15-13-17)22(23-24-25-26-28(23)20-9-3-4-10-20)27-16-6-8-18-7-2-5-11-21(18)27/h2,5,7,11-15,20,22H,3-4,6,8-10,16H2,1H3/t22-/m1/s1. The topological polar surface area (TPSA) is 46.8 Å². The zero-order chi connectivity index (χ0) is 18.9. The van der Waals surface area contributed by atoms with Gasteiger partial charge < -0.3 is 4.90 Å². The minimum absolute atomic E-state index is 0.0395. The summed E-state index contributed by atoms with van der Waals surface area (Å²) < 4.78 is 2.12.